The first kappa shape index (κ1) is 24.6. The van der Waals surface area contributed by atoms with E-state index in [0.29, 0.717) is 37.9 Å². The summed E-state index contributed by atoms with van der Waals surface area (Å²) in [4.78, 5) is 27.7. The van der Waals surface area contributed by atoms with Gasteiger partial charge in [0, 0.05) is 42.8 Å². The highest BCUT2D eigenvalue weighted by atomic mass is 32.2. The minimum absolute atomic E-state index is 0.249. The summed E-state index contributed by atoms with van der Waals surface area (Å²) in [7, 11) is -2.13. The van der Waals surface area contributed by atoms with Crippen LogP contribution in [0.2, 0.25) is 0 Å². The van der Waals surface area contributed by atoms with Gasteiger partial charge in [0.2, 0.25) is 0 Å². The zero-order chi connectivity index (χ0) is 24.3. The second-order valence-corrected chi connectivity index (χ2v) is 11.7. The Hall–Kier alpha value is -2.57. The monoisotopic (exact) mass is 504 g/mol. The number of nitrogens with one attached hydrogen (secondary N) is 2. The van der Waals surface area contributed by atoms with Crippen molar-refractivity contribution in [2.75, 3.05) is 13.6 Å². The van der Waals surface area contributed by atoms with Crippen LogP contribution in [0.25, 0.3) is 10.4 Å². The van der Waals surface area contributed by atoms with E-state index in [9.17, 15) is 18.0 Å². The standard InChI is InChI=1S/C23H28N4O5S2/c1-26(13-4-14-27-19-6-3-2-5-18(19)22(28)25-23(27)29)34(31,32)21-12-11-20(33-21)17-9-7-16(8-10-17)15-24-30/h7-12,24,30H,2-6,13-15H2,1H3,(H,25,28,29). The molecule has 0 saturated carbocycles. The SMILES string of the molecule is CN(CCCn1c2c(c(=O)[nH]c1=O)CCCC2)S(=O)(=O)c1ccc(-c2ccc(CNO)cc2)s1. The molecule has 3 N–H and O–H groups in total. The van der Waals surface area contributed by atoms with Crippen molar-refractivity contribution in [3.63, 3.8) is 0 Å². The summed E-state index contributed by atoms with van der Waals surface area (Å²) in [5, 5.41) is 8.80. The third-order valence-corrected chi connectivity index (χ3v) is 9.59. The number of rotatable bonds is 9. The van der Waals surface area contributed by atoms with Crippen LogP contribution in [0.5, 0.6) is 0 Å². The Kier molecular flexibility index (Phi) is 7.48. The third-order valence-electron chi connectivity index (χ3n) is 6.13. The fourth-order valence-electron chi connectivity index (χ4n) is 4.25. The molecule has 182 valence electrons. The van der Waals surface area contributed by atoms with Gasteiger partial charge < -0.3 is 5.21 Å². The molecule has 4 rings (SSSR count). The summed E-state index contributed by atoms with van der Waals surface area (Å²) in [6.07, 6.45) is 3.68. The largest absolute Gasteiger partial charge is 0.328 e. The van der Waals surface area contributed by atoms with Gasteiger partial charge in [-0.1, -0.05) is 24.3 Å². The molecule has 0 amide bonds. The molecular formula is C23H28N4O5S2. The Morgan fingerprint density at radius 1 is 1.12 bits per heavy atom. The van der Waals surface area contributed by atoms with Crippen LogP contribution in [0.15, 0.2) is 50.2 Å². The molecule has 34 heavy (non-hydrogen) atoms. The predicted octanol–water partition coefficient (Wildman–Crippen LogP) is 2.33. The smallest absolute Gasteiger partial charge is 0.316 e. The molecule has 2 aromatic heterocycles. The molecule has 3 aromatic rings. The van der Waals surface area contributed by atoms with Crippen LogP contribution in [-0.4, -0.2) is 41.1 Å². The average molecular weight is 505 g/mol. The predicted molar refractivity (Wildman–Crippen MR) is 131 cm³/mol. The molecule has 2 heterocycles. The lowest BCUT2D eigenvalue weighted by Gasteiger charge is -2.21. The van der Waals surface area contributed by atoms with E-state index < -0.39 is 15.7 Å². The minimum Gasteiger partial charge on any atom is -0.316 e. The topological polar surface area (TPSA) is 125 Å². The van der Waals surface area contributed by atoms with Gasteiger partial charge in [-0.15, -0.1) is 11.3 Å². The summed E-state index contributed by atoms with van der Waals surface area (Å²) < 4.78 is 29.3. The van der Waals surface area contributed by atoms with Crippen molar-refractivity contribution < 1.29 is 13.6 Å². The van der Waals surface area contributed by atoms with E-state index in [1.165, 1.54) is 22.7 Å². The summed E-state index contributed by atoms with van der Waals surface area (Å²) in [6.45, 7) is 0.935. The first-order valence-electron chi connectivity index (χ1n) is 11.2. The molecular weight excluding hydrogens is 476 g/mol. The number of nitrogens with zero attached hydrogens (tertiary/aromatic N) is 2. The number of aromatic nitrogens is 2. The molecule has 0 fully saturated rings. The Morgan fingerprint density at radius 2 is 1.85 bits per heavy atom. The fourth-order valence-corrected chi connectivity index (χ4v) is 6.98. The number of hydrogen-bond acceptors (Lipinski definition) is 7. The number of thiophene rings is 1. The Balaban J connectivity index is 1.43. The molecule has 11 heteroatoms. The van der Waals surface area contributed by atoms with Gasteiger partial charge in [-0.3, -0.25) is 14.3 Å². The van der Waals surface area contributed by atoms with Crippen molar-refractivity contribution >= 4 is 21.4 Å². The van der Waals surface area contributed by atoms with Crippen LogP contribution in [0.4, 0.5) is 0 Å². The van der Waals surface area contributed by atoms with Crippen LogP contribution in [0.1, 0.15) is 36.1 Å². The van der Waals surface area contributed by atoms with Crippen molar-refractivity contribution in [1.29, 1.82) is 0 Å². The highest BCUT2D eigenvalue weighted by Crippen LogP contribution is 2.32. The van der Waals surface area contributed by atoms with Crippen LogP contribution >= 0.6 is 11.3 Å². The molecule has 0 unspecified atom stereocenters. The van der Waals surface area contributed by atoms with E-state index in [-0.39, 0.29) is 16.3 Å². The van der Waals surface area contributed by atoms with E-state index in [1.54, 1.807) is 16.7 Å². The highest BCUT2D eigenvalue weighted by Gasteiger charge is 2.23. The maximum atomic E-state index is 13.1. The second kappa shape index (κ2) is 10.4. The van der Waals surface area contributed by atoms with E-state index in [4.69, 9.17) is 5.21 Å². The van der Waals surface area contributed by atoms with E-state index >= 15 is 0 Å². The molecule has 9 nitrogen and oxygen atoms in total. The first-order chi connectivity index (χ1) is 16.3. The molecule has 0 spiro atoms. The number of aromatic amines is 1. The number of benzene rings is 1. The number of H-pyrrole nitrogens is 1. The molecule has 0 saturated heterocycles. The average Bonchev–Trinajstić information content (AvgIpc) is 3.33. The zero-order valence-corrected chi connectivity index (χ0v) is 20.5. The molecule has 0 atom stereocenters. The molecule has 0 aliphatic heterocycles. The van der Waals surface area contributed by atoms with Gasteiger partial charge in [0.25, 0.3) is 15.6 Å². The maximum Gasteiger partial charge on any atom is 0.328 e. The number of hydroxylamine groups is 1. The summed E-state index contributed by atoms with van der Waals surface area (Å²) in [6, 6.07) is 10.9. The van der Waals surface area contributed by atoms with Gasteiger partial charge in [-0.2, -0.15) is 0 Å². The lowest BCUT2D eigenvalue weighted by atomic mass is 9.97. The van der Waals surface area contributed by atoms with Crippen LogP contribution in [-0.2, 0) is 36.0 Å². The molecule has 1 aliphatic rings. The van der Waals surface area contributed by atoms with Crippen molar-refractivity contribution in [2.24, 2.45) is 0 Å². The molecule has 0 bridgehead atoms. The maximum absolute atomic E-state index is 13.1. The second-order valence-electron chi connectivity index (χ2n) is 8.37. The highest BCUT2D eigenvalue weighted by molar-refractivity contribution is 7.91. The Labute approximate surface area is 201 Å². The van der Waals surface area contributed by atoms with Crippen molar-refractivity contribution in [2.45, 2.75) is 49.4 Å². The van der Waals surface area contributed by atoms with E-state index in [0.717, 1.165) is 34.5 Å². The van der Waals surface area contributed by atoms with Crippen LogP contribution in [0, 0.1) is 0 Å². The van der Waals surface area contributed by atoms with Crippen LogP contribution < -0.4 is 16.7 Å². The van der Waals surface area contributed by atoms with Gasteiger partial charge in [0.05, 0.1) is 0 Å². The summed E-state index contributed by atoms with van der Waals surface area (Å²) in [5.41, 5.74) is 4.66. The molecule has 1 aromatic carbocycles. The Morgan fingerprint density at radius 3 is 2.59 bits per heavy atom. The first-order valence-corrected chi connectivity index (χ1v) is 13.4. The zero-order valence-electron chi connectivity index (χ0n) is 18.9. The summed E-state index contributed by atoms with van der Waals surface area (Å²) in [5.74, 6) is 0. The van der Waals surface area contributed by atoms with Crippen molar-refractivity contribution in [3.8, 4) is 10.4 Å². The van der Waals surface area contributed by atoms with Gasteiger partial charge in [0.1, 0.15) is 4.21 Å². The van der Waals surface area contributed by atoms with Gasteiger partial charge in [0.15, 0.2) is 0 Å². The number of fused-ring (bicyclic) bond motifs is 1. The summed E-state index contributed by atoms with van der Waals surface area (Å²) >= 11 is 1.20. The minimum atomic E-state index is -3.67. The third kappa shape index (κ3) is 5.08. The quantitative estimate of drug-likeness (QED) is 0.384. The lowest BCUT2D eigenvalue weighted by Crippen LogP contribution is -2.37. The molecule has 1 aliphatic carbocycles. The van der Waals surface area contributed by atoms with E-state index in [1.807, 2.05) is 24.3 Å². The van der Waals surface area contributed by atoms with Crippen molar-refractivity contribution in [1.82, 2.24) is 19.3 Å². The molecule has 0 radical (unpaired) electrons. The van der Waals surface area contributed by atoms with Crippen LogP contribution in [0.3, 0.4) is 0 Å². The number of hydrogen-bond donors (Lipinski definition) is 3. The fraction of sp³-hybridized carbons (Fsp3) is 0.391. The lowest BCUT2D eigenvalue weighted by molar-refractivity contribution is 0.161. The van der Waals surface area contributed by atoms with Gasteiger partial charge >= 0.3 is 5.69 Å². The van der Waals surface area contributed by atoms with Gasteiger partial charge in [-0.05, 0) is 55.4 Å². The number of sulfonamides is 1. The normalized spacial score (nSPS) is 13.9. The van der Waals surface area contributed by atoms with Crippen molar-refractivity contribution in [3.05, 3.63) is 74.1 Å². The Bertz CT molecular complexity index is 1370. The van der Waals surface area contributed by atoms with Gasteiger partial charge in [-0.25, -0.2) is 23.0 Å². The van der Waals surface area contributed by atoms with E-state index in [2.05, 4.69) is 10.5 Å².